The molecule has 0 unspecified atom stereocenters. The molecule has 0 fully saturated rings. The van der Waals surface area contributed by atoms with E-state index in [0.717, 1.165) is 0 Å². The number of rotatable bonds is 6. The van der Waals surface area contributed by atoms with Gasteiger partial charge in [0.25, 0.3) is 17.5 Å². The molecule has 0 spiro atoms. The molecule has 3 aromatic carbocycles. The van der Waals surface area contributed by atoms with Crippen molar-refractivity contribution in [3.8, 4) is 11.3 Å². The Morgan fingerprint density at radius 2 is 1.59 bits per heavy atom. The maximum absolute atomic E-state index is 12.6. The first-order valence-corrected chi connectivity index (χ1v) is 11.7. The number of benzene rings is 3. The summed E-state index contributed by atoms with van der Waals surface area (Å²) in [6.45, 7) is 0. The number of nitrogens with one attached hydrogen (secondary N) is 3. The van der Waals surface area contributed by atoms with Crippen molar-refractivity contribution in [2.45, 2.75) is 0 Å². The molecular weight excluding hydrogens is 539 g/mol. The van der Waals surface area contributed by atoms with E-state index in [0.29, 0.717) is 22.0 Å². The van der Waals surface area contributed by atoms with Gasteiger partial charge in [-0.1, -0.05) is 41.4 Å². The molecule has 0 aliphatic carbocycles. The number of carbonyl (C=O) groups is 2. The molecule has 0 bridgehead atoms. The van der Waals surface area contributed by atoms with E-state index in [-0.39, 0.29) is 32.9 Å². The SMILES string of the molecule is O=C(NC(=S)Nc1cccc(NC(=O)c2ccc(Cl)cc2Cl)c1)c1ccc(-c2cccc([N+](=O)[O-])c2)o1. The van der Waals surface area contributed by atoms with Crippen LogP contribution in [0.3, 0.4) is 0 Å². The van der Waals surface area contributed by atoms with Crippen LogP contribution in [0.25, 0.3) is 11.3 Å². The van der Waals surface area contributed by atoms with Crippen molar-refractivity contribution in [1.82, 2.24) is 5.32 Å². The van der Waals surface area contributed by atoms with Crippen molar-refractivity contribution < 1.29 is 18.9 Å². The molecule has 4 aromatic rings. The predicted molar refractivity (Wildman–Crippen MR) is 145 cm³/mol. The summed E-state index contributed by atoms with van der Waals surface area (Å²) in [7, 11) is 0. The van der Waals surface area contributed by atoms with E-state index >= 15 is 0 Å². The zero-order valence-electron chi connectivity index (χ0n) is 18.7. The number of non-ortho nitro benzene ring substituents is 1. The second-order valence-electron chi connectivity index (χ2n) is 7.54. The molecule has 2 amide bonds. The molecule has 0 aliphatic heterocycles. The summed E-state index contributed by atoms with van der Waals surface area (Å²) < 4.78 is 5.55. The van der Waals surface area contributed by atoms with Crippen LogP contribution in [0.2, 0.25) is 10.0 Å². The molecule has 0 atom stereocenters. The fraction of sp³-hybridized carbons (Fsp3) is 0. The molecule has 186 valence electrons. The van der Waals surface area contributed by atoms with Crippen LogP contribution < -0.4 is 16.0 Å². The third kappa shape index (κ3) is 6.50. The van der Waals surface area contributed by atoms with Gasteiger partial charge in [0.15, 0.2) is 10.9 Å². The van der Waals surface area contributed by atoms with Gasteiger partial charge in [0.1, 0.15) is 5.76 Å². The Kier molecular flexibility index (Phi) is 7.83. The molecule has 9 nitrogen and oxygen atoms in total. The number of nitrogens with zero attached hydrogens (tertiary/aromatic N) is 1. The highest BCUT2D eigenvalue weighted by molar-refractivity contribution is 7.80. The number of furan rings is 1. The third-order valence-corrected chi connectivity index (χ3v) is 5.70. The summed E-state index contributed by atoms with van der Waals surface area (Å²) in [6, 6.07) is 20.1. The number of thiocarbonyl (C=S) groups is 1. The fourth-order valence-electron chi connectivity index (χ4n) is 3.26. The Morgan fingerprint density at radius 3 is 2.32 bits per heavy atom. The lowest BCUT2D eigenvalue weighted by molar-refractivity contribution is -0.384. The van der Waals surface area contributed by atoms with E-state index in [1.165, 1.54) is 42.5 Å². The van der Waals surface area contributed by atoms with Crippen LogP contribution in [0.15, 0.2) is 83.3 Å². The van der Waals surface area contributed by atoms with Crippen LogP contribution in [0.5, 0.6) is 0 Å². The first-order valence-electron chi connectivity index (χ1n) is 10.5. The molecule has 1 aromatic heterocycles. The minimum atomic E-state index is -0.615. The summed E-state index contributed by atoms with van der Waals surface area (Å²) in [4.78, 5) is 35.6. The molecule has 0 saturated heterocycles. The van der Waals surface area contributed by atoms with Crippen molar-refractivity contribution in [3.63, 3.8) is 0 Å². The van der Waals surface area contributed by atoms with E-state index in [4.69, 9.17) is 39.8 Å². The molecule has 4 rings (SSSR count). The van der Waals surface area contributed by atoms with E-state index < -0.39 is 16.7 Å². The zero-order valence-corrected chi connectivity index (χ0v) is 21.0. The fourth-order valence-corrected chi connectivity index (χ4v) is 3.97. The van der Waals surface area contributed by atoms with Gasteiger partial charge in [-0.05, 0) is 60.7 Å². The highest BCUT2D eigenvalue weighted by atomic mass is 35.5. The van der Waals surface area contributed by atoms with Crippen LogP contribution >= 0.6 is 35.4 Å². The average Bonchev–Trinajstić information content (AvgIpc) is 3.35. The summed E-state index contributed by atoms with van der Waals surface area (Å²) >= 11 is 17.2. The number of nitro groups is 1. The minimum Gasteiger partial charge on any atom is -0.451 e. The van der Waals surface area contributed by atoms with Gasteiger partial charge in [-0.3, -0.25) is 25.0 Å². The second-order valence-corrected chi connectivity index (χ2v) is 8.79. The van der Waals surface area contributed by atoms with Gasteiger partial charge in [-0.25, -0.2) is 0 Å². The van der Waals surface area contributed by atoms with Gasteiger partial charge >= 0.3 is 0 Å². The summed E-state index contributed by atoms with van der Waals surface area (Å²) in [5, 5.41) is 19.7. The van der Waals surface area contributed by atoms with E-state index in [1.54, 1.807) is 36.4 Å². The third-order valence-electron chi connectivity index (χ3n) is 4.95. The molecule has 3 N–H and O–H groups in total. The van der Waals surface area contributed by atoms with E-state index in [2.05, 4.69) is 16.0 Å². The lowest BCUT2D eigenvalue weighted by Gasteiger charge is -2.11. The second kappa shape index (κ2) is 11.2. The summed E-state index contributed by atoms with van der Waals surface area (Å²) in [5.41, 5.74) is 1.58. The van der Waals surface area contributed by atoms with Crippen molar-refractivity contribution >= 4 is 69.4 Å². The van der Waals surface area contributed by atoms with E-state index in [1.807, 2.05) is 0 Å². The maximum Gasteiger partial charge on any atom is 0.293 e. The number of hydrogen-bond acceptors (Lipinski definition) is 6. The van der Waals surface area contributed by atoms with Crippen molar-refractivity contribution in [2.75, 3.05) is 10.6 Å². The average molecular weight is 555 g/mol. The van der Waals surface area contributed by atoms with Crippen LogP contribution in [-0.4, -0.2) is 21.9 Å². The lowest BCUT2D eigenvalue weighted by Crippen LogP contribution is -2.33. The molecule has 1 heterocycles. The quantitative estimate of drug-likeness (QED) is 0.140. The van der Waals surface area contributed by atoms with Crippen LogP contribution in [0.4, 0.5) is 17.1 Å². The van der Waals surface area contributed by atoms with Crippen LogP contribution in [0, 0.1) is 10.1 Å². The summed E-state index contributed by atoms with van der Waals surface area (Å²) in [5.74, 6) is -0.786. The topological polar surface area (TPSA) is 127 Å². The number of amides is 2. The lowest BCUT2D eigenvalue weighted by atomic mass is 10.1. The van der Waals surface area contributed by atoms with E-state index in [9.17, 15) is 19.7 Å². The molecule has 12 heteroatoms. The molecule has 37 heavy (non-hydrogen) atoms. The normalized spacial score (nSPS) is 10.4. The monoisotopic (exact) mass is 554 g/mol. The highest BCUT2D eigenvalue weighted by Crippen LogP contribution is 2.26. The van der Waals surface area contributed by atoms with Crippen molar-refractivity contribution in [1.29, 1.82) is 0 Å². The van der Waals surface area contributed by atoms with Crippen molar-refractivity contribution in [3.05, 3.63) is 110 Å². The molecule has 0 radical (unpaired) electrons. The molecule has 0 saturated carbocycles. The van der Waals surface area contributed by atoms with Gasteiger partial charge < -0.3 is 15.1 Å². The van der Waals surface area contributed by atoms with Crippen LogP contribution in [-0.2, 0) is 0 Å². The zero-order chi connectivity index (χ0) is 26.5. The molecular formula is C25H16Cl2N4O5S. The Balaban J connectivity index is 1.38. The largest absolute Gasteiger partial charge is 0.451 e. The maximum atomic E-state index is 12.6. The number of carbonyl (C=O) groups excluding carboxylic acids is 2. The van der Waals surface area contributed by atoms with Gasteiger partial charge in [0, 0.05) is 34.1 Å². The minimum absolute atomic E-state index is 0.0116. The Labute approximate surface area is 225 Å². The first-order chi connectivity index (χ1) is 17.7. The van der Waals surface area contributed by atoms with Crippen molar-refractivity contribution in [2.24, 2.45) is 0 Å². The first kappa shape index (κ1) is 25.8. The number of halogens is 2. The number of anilines is 2. The Bertz CT molecular complexity index is 1540. The molecule has 0 aliphatic rings. The number of hydrogen-bond donors (Lipinski definition) is 3. The predicted octanol–water partition coefficient (Wildman–Crippen LogP) is 6.54. The Morgan fingerprint density at radius 1 is 0.865 bits per heavy atom. The van der Waals surface area contributed by atoms with Gasteiger partial charge in [0.2, 0.25) is 0 Å². The van der Waals surface area contributed by atoms with Gasteiger partial charge in [-0.15, -0.1) is 0 Å². The van der Waals surface area contributed by atoms with Gasteiger partial charge in [-0.2, -0.15) is 0 Å². The summed E-state index contributed by atoms with van der Waals surface area (Å²) in [6.07, 6.45) is 0. The Hall–Kier alpha value is -4.25. The number of nitro benzene ring substituents is 1. The van der Waals surface area contributed by atoms with Crippen LogP contribution in [0.1, 0.15) is 20.9 Å². The standard InChI is InChI=1S/C25H16Cl2N4O5S/c26-15-7-8-19(20(27)12-15)23(32)28-16-4-2-5-17(13-16)29-25(37)30-24(33)22-10-9-21(36-22)14-3-1-6-18(11-14)31(34)35/h1-13H,(H,28,32)(H2,29,30,33,37). The van der Waals surface area contributed by atoms with Gasteiger partial charge in [0.05, 0.1) is 15.5 Å². The highest BCUT2D eigenvalue weighted by Gasteiger charge is 2.16. The smallest absolute Gasteiger partial charge is 0.293 e.